The third-order valence-electron chi connectivity index (χ3n) is 3.93. The van der Waals surface area contributed by atoms with Gasteiger partial charge >= 0.3 is 0 Å². The first-order valence-electron chi connectivity index (χ1n) is 6.93. The number of nitrogens with one attached hydrogen (secondary N) is 1. The largest absolute Gasteiger partial charge is 0.347 e. The fourth-order valence-electron chi connectivity index (χ4n) is 2.58. The Morgan fingerprint density at radius 3 is 2.80 bits per heavy atom. The van der Waals surface area contributed by atoms with Crippen molar-refractivity contribution in [3.63, 3.8) is 0 Å². The molecule has 6 nitrogen and oxygen atoms in total. The summed E-state index contributed by atoms with van der Waals surface area (Å²) < 4.78 is 0. The van der Waals surface area contributed by atoms with E-state index in [0.29, 0.717) is 11.5 Å². The molecule has 1 saturated carbocycles. The maximum atomic E-state index is 11.9. The van der Waals surface area contributed by atoms with E-state index in [1.165, 1.54) is 0 Å². The monoisotopic (exact) mass is 269 g/mol. The van der Waals surface area contributed by atoms with Crippen molar-refractivity contribution in [1.82, 2.24) is 19.9 Å². The molecule has 1 aliphatic heterocycles. The van der Waals surface area contributed by atoms with Crippen LogP contribution in [0.5, 0.6) is 0 Å². The summed E-state index contributed by atoms with van der Waals surface area (Å²) in [6, 6.07) is 0. The fourth-order valence-corrected chi connectivity index (χ4v) is 2.58. The molecule has 102 valence electrons. The Morgan fingerprint density at radius 2 is 2.05 bits per heavy atom. The summed E-state index contributed by atoms with van der Waals surface area (Å²) in [5.74, 6) is 1.08. The van der Waals surface area contributed by atoms with Gasteiger partial charge in [-0.3, -0.25) is 4.79 Å². The van der Waals surface area contributed by atoms with E-state index in [4.69, 9.17) is 0 Å². The molecule has 1 aliphatic carbocycles. The van der Waals surface area contributed by atoms with Gasteiger partial charge in [0.15, 0.2) is 5.78 Å². The Kier molecular flexibility index (Phi) is 2.55. The molecule has 0 bridgehead atoms. The molecule has 1 fully saturated rings. The highest BCUT2D eigenvalue weighted by Crippen LogP contribution is 2.32. The standard InChI is InChI=1S/C14H15N5O/c20-13(9-1-2-9)10-5-15-14(16-6-10)19-4-3-11-12(7-19)18-8-17-11/h5-6,8-9H,1-4,7H2,(H,17,18). The van der Waals surface area contributed by atoms with Gasteiger partial charge in [0, 0.05) is 31.3 Å². The summed E-state index contributed by atoms with van der Waals surface area (Å²) in [6.45, 7) is 1.60. The van der Waals surface area contributed by atoms with Crippen molar-refractivity contribution in [2.24, 2.45) is 5.92 Å². The lowest BCUT2D eigenvalue weighted by atomic mass is 10.1. The van der Waals surface area contributed by atoms with Crippen LogP contribution in [0.25, 0.3) is 0 Å². The van der Waals surface area contributed by atoms with Gasteiger partial charge in [-0.1, -0.05) is 0 Å². The molecule has 2 aliphatic rings. The van der Waals surface area contributed by atoms with Crippen LogP contribution in [0.15, 0.2) is 18.7 Å². The molecule has 0 aromatic carbocycles. The van der Waals surface area contributed by atoms with Crippen LogP contribution in [-0.4, -0.2) is 32.3 Å². The minimum absolute atomic E-state index is 0.186. The number of Topliss-reactive ketones (excluding diaryl/α,β-unsaturated/α-hetero) is 1. The van der Waals surface area contributed by atoms with Crippen molar-refractivity contribution in [2.45, 2.75) is 25.8 Å². The van der Waals surface area contributed by atoms with E-state index in [9.17, 15) is 4.79 Å². The van der Waals surface area contributed by atoms with Crippen molar-refractivity contribution < 1.29 is 4.79 Å². The molecule has 2 aromatic heterocycles. The molecule has 0 spiro atoms. The number of hydrogen-bond acceptors (Lipinski definition) is 5. The summed E-state index contributed by atoms with van der Waals surface area (Å²) in [4.78, 5) is 30.1. The van der Waals surface area contributed by atoms with E-state index in [1.807, 2.05) is 0 Å². The Hall–Kier alpha value is -2.24. The molecule has 4 rings (SSSR count). The second-order valence-electron chi connectivity index (χ2n) is 5.41. The van der Waals surface area contributed by atoms with Gasteiger partial charge in [0.2, 0.25) is 5.95 Å². The molecule has 20 heavy (non-hydrogen) atoms. The second kappa shape index (κ2) is 4.40. The molecule has 6 heteroatoms. The summed E-state index contributed by atoms with van der Waals surface area (Å²) in [5.41, 5.74) is 2.88. The number of nitrogens with zero attached hydrogens (tertiary/aromatic N) is 4. The average Bonchev–Trinajstić information content (AvgIpc) is 3.24. The zero-order chi connectivity index (χ0) is 13.5. The second-order valence-corrected chi connectivity index (χ2v) is 5.41. The number of fused-ring (bicyclic) bond motifs is 1. The van der Waals surface area contributed by atoms with E-state index >= 15 is 0 Å². The quantitative estimate of drug-likeness (QED) is 0.851. The maximum absolute atomic E-state index is 11.9. The van der Waals surface area contributed by atoms with Gasteiger partial charge in [-0.25, -0.2) is 15.0 Å². The first-order chi connectivity index (χ1) is 9.81. The number of carbonyl (C=O) groups excluding carboxylic acids is 1. The van der Waals surface area contributed by atoms with Gasteiger partial charge in [-0.15, -0.1) is 0 Å². The predicted molar refractivity (Wildman–Crippen MR) is 72.4 cm³/mol. The number of rotatable bonds is 3. The van der Waals surface area contributed by atoms with Crippen LogP contribution in [0.1, 0.15) is 34.6 Å². The lowest BCUT2D eigenvalue weighted by Gasteiger charge is -2.26. The smallest absolute Gasteiger partial charge is 0.225 e. The third-order valence-corrected chi connectivity index (χ3v) is 3.93. The van der Waals surface area contributed by atoms with Crippen molar-refractivity contribution in [2.75, 3.05) is 11.4 Å². The van der Waals surface area contributed by atoms with E-state index in [0.717, 1.165) is 43.7 Å². The first kappa shape index (κ1) is 11.6. The molecule has 0 unspecified atom stereocenters. The SMILES string of the molecule is O=C(c1cnc(N2CCc3nc[nH]c3C2)nc1)C1CC1. The summed E-state index contributed by atoms with van der Waals surface area (Å²) >= 11 is 0. The normalized spacial score (nSPS) is 17.9. The van der Waals surface area contributed by atoms with Crippen LogP contribution in [0.2, 0.25) is 0 Å². The predicted octanol–water partition coefficient (Wildman–Crippen LogP) is 1.36. The van der Waals surface area contributed by atoms with Crippen molar-refractivity contribution >= 4 is 11.7 Å². The van der Waals surface area contributed by atoms with Crippen LogP contribution in [0, 0.1) is 5.92 Å². The highest BCUT2D eigenvalue weighted by atomic mass is 16.1. The molecule has 2 aromatic rings. The van der Waals surface area contributed by atoms with Crippen molar-refractivity contribution in [3.8, 4) is 0 Å². The minimum atomic E-state index is 0.186. The van der Waals surface area contributed by atoms with E-state index in [2.05, 4.69) is 24.8 Å². The van der Waals surface area contributed by atoms with Gasteiger partial charge in [0.1, 0.15) is 0 Å². The average molecular weight is 269 g/mol. The van der Waals surface area contributed by atoms with Crippen LogP contribution in [0.3, 0.4) is 0 Å². The maximum Gasteiger partial charge on any atom is 0.225 e. The summed E-state index contributed by atoms with van der Waals surface area (Å²) in [5, 5.41) is 0. The topological polar surface area (TPSA) is 74.8 Å². The Balaban J connectivity index is 1.53. The van der Waals surface area contributed by atoms with E-state index < -0.39 is 0 Å². The third kappa shape index (κ3) is 1.97. The number of imidazole rings is 1. The number of anilines is 1. The first-order valence-corrected chi connectivity index (χ1v) is 6.93. The number of H-pyrrole nitrogens is 1. The number of ketones is 1. The Bertz CT molecular complexity index is 644. The van der Waals surface area contributed by atoms with Crippen LogP contribution in [-0.2, 0) is 13.0 Å². The molecule has 1 N–H and O–H groups in total. The molecule has 0 saturated heterocycles. The molecule has 0 atom stereocenters. The number of aromatic nitrogens is 4. The van der Waals surface area contributed by atoms with Crippen molar-refractivity contribution in [3.05, 3.63) is 35.7 Å². The van der Waals surface area contributed by atoms with Gasteiger partial charge in [-0.2, -0.15) is 0 Å². The zero-order valence-corrected chi connectivity index (χ0v) is 11.0. The Morgan fingerprint density at radius 1 is 1.25 bits per heavy atom. The zero-order valence-electron chi connectivity index (χ0n) is 11.0. The Labute approximate surface area is 116 Å². The van der Waals surface area contributed by atoms with Crippen LogP contribution in [0.4, 0.5) is 5.95 Å². The molecular weight excluding hydrogens is 254 g/mol. The lowest BCUT2D eigenvalue weighted by molar-refractivity contribution is 0.0967. The number of carbonyl (C=O) groups is 1. The molecule has 0 radical (unpaired) electrons. The van der Waals surface area contributed by atoms with E-state index in [1.54, 1.807) is 18.7 Å². The lowest BCUT2D eigenvalue weighted by Crippen LogP contribution is -2.31. The van der Waals surface area contributed by atoms with Crippen molar-refractivity contribution in [1.29, 1.82) is 0 Å². The van der Waals surface area contributed by atoms with Crippen LogP contribution < -0.4 is 4.90 Å². The van der Waals surface area contributed by atoms with Gasteiger partial charge < -0.3 is 9.88 Å². The minimum Gasteiger partial charge on any atom is -0.347 e. The number of aromatic amines is 1. The number of hydrogen-bond donors (Lipinski definition) is 1. The summed E-state index contributed by atoms with van der Waals surface area (Å²) in [7, 11) is 0. The van der Waals surface area contributed by atoms with Crippen LogP contribution >= 0.6 is 0 Å². The van der Waals surface area contributed by atoms with Gasteiger partial charge in [0.05, 0.1) is 29.8 Å². The van der Waals surface area contributed by atoms with Gasteiger partial charge in [-0.05, 0) is 12.8 Å². The highest BCUT2D eigenvalue weighted by molar-refractivity contribution is 5.98. The highest BCUT2D eigenvalue weighted by Gasteiger charge is 2.31. The molecule has 0 amide bonds. The van der Waals surface area contributed by atoms with Gasteiger partial charge in [0.25, 0.3) is 0 Å². The van der Waals surface area contributed by atoms with E-state index in [-0.39, 0.29) is 11.7 Å². The molecule has 3 heterocycles. The molecular formula is C14H15N5O. The summed E-state index contributed by atoms with van der Waals surface area (Å²) in [6.07, 6.45) is 7.96. The fraction of sp³-hybridized carbons (Fsp3) is 0.429.